The first kappa shape index (κ1) is 19.2. The molecule has 0 bridgehead atoms. The summed E-state index contributed by atoms with van der Waals surface area (Å²) in [6.45, 7) is 4.69. The summed E-state index contributed by atoms with van der Waals surface area (Å²) in [6.07, 6.45) is 5.83. The number of nitrogens with zero attached hydrogens (tertiary/aromatic N) is 1. The van der Waals surface area contributed by atoms with Gasteiger partial charge in [0.2, 0.25) is 0 Å². The van der Waals surface area contributed by atoms with Crippen molar-refractivity contribution in [3.8, 4) is 0 Å². The van der Waals surface area contributed by atoms with E-state index in [1.165, 1.54) is 19.3 Å². The van der Waals surface area contributed by atoms with Gasteiger partial charge >= 0.3 is 0 Å². The first-order valence-electron chi connectivity index (χ1n) is 9.88. The number of anilines is 1. The fourth-order valence-corrected chi connectivity index (χ4v) is 3.80. The quantitative estimate of drug-likeness (QED) is 0.808. The maximum absolute atomic E-state index is 13.1. The Morgan fingerprint density at radius 3 is 2.37 bits per heavy atom. The second-order valence-electron chi connectivity index (χ2n) is 7.23. The van der Waals surface area contributed by atoms with Gasteiger partial charge in [0.15, 0.2) is 0 Å². The summed E-state index contributed by atoms with van der Waals surface area (Å²) in [5, 5.41) is 2.95. The third-order valence-corrected chi connectivity index (χ3v) is 5.39. The molecule has 2 aromatic rings. The van der Waals surface area contributed by atoms with Crippen molar-refractivity contribution < 1.29 is 9.59 Å². The summed E-state index contributed by atoms with van der Waals surface area (Å²) in [5.74, 6) is -0.109. The smallest absolute Gasteiger partial charge is 0.255 e. The van der Waals surface area contributed by atoms with Crippen molar-refractivity contribution in [3.05, 3.63) is 65.2 Å². The average molecular weight is 364 g/mol. The van der Waals surface area contributed by atoms with Crippen molar-refractivity contribution in [1.29, 1.82) is 0 Å². The lowest BCUT2D eigenvalue weighted by Gasteiger charge is -2.33. The highest BCUT2D eigenvalue weighted by Crippen LogP contribution is 2.25. The minimum atomic E-state index is -0.164. The van der Waals surface area contributed by atoms with Crippen LogP contribution in [0.2, 0.25) is 0 Å². The van der Waals surface area contributed by atoms with Crippen molar-refractivity contribution in [2.75, 3.05) is 11.9 Å². The van der Waals surface area contributed by atoms with E-state index in [1.54, 1.807) is 12.1 Å². The largest absolute Gasteiger partial charge is 0.336 e. The zero-order valence-corrected chi connectivity index (χ0v) is 16.2. The van der Waals surface area contributed by atoms with Crippen LogP contribution in [-0.2, 0) is 0 Å². The molecule has 1 fully saturated rings. The zero-order chi connectivity index (χ0) is 19.2. The van der Waals surface area contributed by atoms with E-state index in [0.29, 0.717) is 29.4 Å². The second-order valence-corrected chi connectivity index (χ2v) is 7.23. The average Bonchev–Trinajstić information content (AvgIpc) is 2.71. The van der Waals surface area contributed by atoms with Gasteiger partial charge < -0.3 is 10.2 Å². The summed E-state index contributed by atoms with van der Waals surface area (Å²) in [7, 11) is 0. The van der Waals surface area contributed by atoms with Crippen molar-refractivity contribution in [3.63, 3.8) is 0 Å². The van der Waals surface area contributed by atoms with E-state index in [2.05, 4.69) is 5.32 Å². The van der Waals surface area contributed by atoms with Crippen LogP contribution in [0, 0.1) is 6.92 Å². The highest BCUT2D eigenvalue weighted by atomic mass is 16.2. The Morgan fingerprint density at radius 1 is 1.00 bits per heavy atom. The molecule has 1 aliphatic rings. The van der Waals surface area contributed by atoms with Crippen LogP contribution in [0.5, 0.6) is 0 Å². The molecule has 0 saturated heterocycles. The molecule has 0 atom stereocenters. The molecule has 0 spiro atoms. The van der Waals surface area contributed by atoms with Crippen LogP contribution in [0.1, 0.15) is 65.3 Å². The van der Waals surface area contributed by atoms with Gasteiger partial charge in [0.05, 0.1) is 0 Å². The van der Waals surface area contributed by atoms with Gasteiger partial charge in [-0.05, 0) is 56.5 Å². The number of nitrogens with one attached hydrogen (secondary N) is 1. The van der Waals surface area contributed by atoms with Gasteiger partial charge in [-0.1, -0.05) is 43.5 Å². The monoisotopic (exact) mass is 364 g/mol. The molecule has 1 aliphatic carbocycles. The Balaban J connectivity index is 1.79. The van der Waals surface area contributed by atoms with E-state index in [0.717, 1.165) is 18.4 Å². The van der Waals surface area contributed by atoms with Gasteiger partial charge in [-0.3, -0.25) is 9.59 Å². The summed E-state index contributed by atoms with van der Waals surface area (Å²) in [4.78, 5) is 27.6. The van der Waals surface area contributed by atoms with Crippen molar-refractivity contribution in [2.24, 2.45) is 0 Å². The van der Waals surface area contributed by atoms with Crippen molar-refractivity contribution in [2.45, 2.75) is 52.0 Å². The minimum Gasteiger partial charge on any atom is -0.336 e. The van der Waals surface area contributed by atoms with Crippen LogP contribution in [-0.4, -0.2) is 29.3 Å². The Kier molecular flexibility index (Phi) is 6.28. The van der Waals surface area contributed by atoms with Crippen LogP contribution < -0.4 is 5.32 Å². The number of benzene rings is 2. The number of hydrogen-bond acceptors (Lipinski definition) is 2. The molecular formula is C23H28N2O2. The number of carbonyl (C=O) groups excluding carboxylic acids is 2. The van der Waals surface area contributed by atoms with Crippen LogP contribution >= 0.6 is 0 Å². The molecule has 4 heteroatoms. The Labute approximate surface area is 161 Å². The van der Waals surface area contributed by atoms with E-state index in [-0.39, 0.29) is 11.8 Å². The molecule has 0 heterocycles. The third kappa shape index (κ3) is 4.57. The van der Waals surface area contributed by atoms with Crippen LogP contribution in [0.4, 0.5) is 5.69 Å². The number of aryl methyl sites for hydroxylation is 1. The summed E-state index contributed by atoms with van der Waals surface area (Å²) >= 11 is 0. The van der Waals surface area contributed by atoms with E-state index >= 15 is 0 Å². The molecule has 2 amide bonds. The minimum absolute atomic E-state index is 0.0552. The number of amides is 2. The number of rotatable bonds is 5. The summed E-state index contributed by atoms with van der Waals surface area (Å²) in [5.41, 5.74) is 2.87. The lowest BCUT2D eigenvalue weighted by molar-refractivity contribution is 0.0647. The van der Waals surface area contributed by atoms with Gasteiger partial charge in [0.25, 0.3) is 11.8 Å². The first-order valence-corrected chi connectivity index (χ1v) is 9.88. The maximum Gasteiger partial charge on any atom is 0.255 e. The van der Waals surface area contributed by atoms with Gasteiger partial charge in [0, 0.05) is 29.4 Å². The molecular weight excluding hydrogens is 336 g/mol. The molecule has 27 heavy (non-hydrogen) atoms. The van der Waals surface area contributed by atoms with Crippen LogP contribution in [0.15, 0.2) is 48.5 Å². The summed E-state index contributed by atoms with van der Waals surface area (Å²) < 4.78 is 0. The van der Waals surface area contributed by atoms with E-state index in [1.807, 2.05) is 55.1 Å². The first-order chi connectivity index (χ1) is 13.1. The molecule has 142 valence electrons. The van der Waals surface area contributed by atoms with Gasteiger partial charge in [0.1, 0.15) is 0 Å². The third-order valence-electron chi connectivity index (χ3n) is 5.39. The molecule has 1 saturated carbocycles. The number of carbonyl (C=O) groups is 2. The molecule has 0 radical (unpaired) electrons. The number of hydrogen-bond donors (Lipinski definition) is 1. The lowest BCUT2D eigenvalue weighted by atomic mass is 9.93. The molecule has 1 N–H and O–H groups in total. The Morgan fingerprint density at radius 2 is 1.70 bits per heavy atom. The molecule has 0 unspecified atom stereocenters. The predicted octanol–water partition coefficient (Wildman–Crippen LogP) is 5.04. The Bertz CT molecular complexity index is 795. The standard InChI is InChI=1S/C23H28N2O2/c1-3-25(20-12-8-5-9-13-20)23(27)19-15-14-17(2)21(16-19)24-22(26)18-10-6-4-7-11-18/h4,6-7,10-11,14-16,20H,3,5,8-9,12-13H2,1-2H3,(H,24,26). The van der Waals surface area contributed by atoms with Crippen LogP contribution in [0.3, 0.4) is 0 Å². The molecule has 0 aromatic heterocycles. The van der Waals surface area contributed by atoms with Crippen LogP contribution in [0.25, 0.3) is 0 Å². The second kappa shape index (κ2) is 8.85. The highest BCUT2D eigenvalue weighted by molar-refractivity contribution is 6.05. The van der Waals surface area contributed by atoms with Gasteiger partial charge in [-0.25, -0.2) is 0 Å². The predicted molar refractivity (Wildman–Crippen MR) is 109 cm³/mol. The van der Waals surface area contributed by atoms with E-state index in [9.17, 15) is 9.59 Å². The highest BCUT2D eigenvalue weighted by Gasteiger charge is 2.25. The normalized spacial score (nSPS) is 14.6. The topological polar surface area (TPSA) is 49.4 Å². The van der Waals surface area contributed by atoms with Gasteiger partial charge in [-0.2, -0.15) is 0 Å². The van der Waals surface area contributed by atoms with Crippen molar-refractivity contribution in [1.82, 2.24) is 4.90 Å². The van der Waals surface area contributed by atoms with Crippen molar-refractivity contribution >= 4 is 17.5 Å². The maximum atomic E-state index is 13.1. The van der Waals surface area contributed by atoms with E-state index in [4.69, 9.17) is 0 Å². The molecule has 2 aromatic carbocycles. The summed E-state index contributed by atoms with van der Waals surface area (Å²) in [6, 6.07) is 15.0. The molecule has 4 nitrogen and oxygen atoms in total. The zero-order valence-electron chi connectivity index (χ0n) is 16.2. The Hall–Kier alpha value is -2.62. The van der Waals surface area contributed by atoms with E-state index < -0.39 is 0 Å². The SMILES string of the molecule is CCN(C(=O)c1ccc(C)c(NC(=O)c2ccccc2)c1)C1CCCCC1. The lowest BCUT2D eigenvalue weighted by Crippen LogP contribution is -2.41. The van der Waals surface area contributed by atoms with Gasteiger partial charge in [-0.15, -0.1) is 0 Å². The molecule has 0 aliphatic heterocycles. The fraction of sp³-hybridized carbons (Fsp3) is 0.391. The molecule has 3 rings (SSSR count). The fourth-order valence-electron chi connectivity index (χ4n) is 3.80.